The van der Waals surface area contributed by atoms with Crippen molar-refractivity contribution >= 4 is 37.6 Å². The maximum absolute atomic E-state index is 12.1. The molecular formula is C13H8Br2O. The second-order valence-corrected chi connectivity index (χ2v) is 5.18. The molecule has 0 aliphatic carbocycles. The van der Waals surface area contributed by atoms with Gasteiger partial charge in [-0.2, -0.15) is 0 Å². The number of rotatable bonds is 2. The maximum Gasteiger partial charge on any atom is 0.193 e. The summed E-state index contributed by atoms with van der Waals surface area (Å²) in [4.78, 5) is 12.1. The highest BCUT2D eigenvalue weighted by atomic mass is 79.9. The molecule has 0 amide bonds. The van der Waals surface area contributed by atoms with Crippen LogP contribution in [0.15, 0.2) is 57.5 Å². The highest BCUT2D eigenvalue weighted by Gasteiger charge is 2.08. The van der Waals surface area contributed by atoms with Crippen molar-refractivity contribution in [1.82, 2.24) is 0 Å². The Labute approximate surface area is 111 Å². The molecule has 0 atom stereocenters. The van der Waals surface area contributed by atoms with Crippen molar-refractivity contribution in [2.24, 2.45) is 0 Å². The molecule has 0 N–H and O–H groups in total. The standard InChI is InChI=1S/C13H8Br2O/c14-11-6-4-9(5-7-11)13(16)10-2-1-3-12(15)8-10/h1-8H. The molecule has 0 saturated carbocycles. The lowest BCUT2D eigenvalue weighted by Crippen LogP contribution is -2.00. The number of ketones is 1. The van der Waals surface area contributed by atoms with Gasteiger partial charge < -0.3 is 0 Å². The Morgan fingerprint density at radius 3 is 2.12 bits per heavy atom. The van der Waals surface area contributed by atoms with Crippen LogP contribution in [0.1, 0.15) is 15.9 Å². The molecule has 2 rings (SSSR count). The lowest BCUT2D eigenvalue weighted by molar-refractivity contribution is 0.103. The van der Waals surface area contributed by atoms with Gasteiger partial charge in [0.1, 0.15) is 0 Å². The molecule has 0 bridgehead atoms. The first-order valence-electron chi connectivity index (χ1n) is 4.72. The minimum Gasteiger partial charge on any atom is -0.289 e. The molecule has 0 saturated heterocycles. The van der Waals surface area contributed by atoms with E-state index >= 15 is 0 Å². The van der Waals surface area contributed by atoms with Crippen LogP contribution in [0, 0.1) is 0 Å². The molecule has 0 aliphatic heterocycles. The van der Waals surface area contributed by atoms with Crippen molar-refractivity contribution in [1.29, 1.82) is 0 Å². The summed E-state index contributed by atoms with van der Waals surface area (Å²) in [6.07, 6.45) is 0. The van der Waals surface area contributed by atoms with Crippen molar-refractivity contribution in [2.75, 3.05) is 0 Å². The predicted octanol–water partition coefficient (Wildman–Crippen LogP) is 4.44. The molecule has 0 aromatic heterocycles. The van der Waals surface area contributed by atoms with Crippen molar-refractivity contribution in [2.45, 2.75) is 0 Å². The molecule has 0 unspecified atom stereocenters. The van der Waals surface area contributed by atoms with Crippen molar-refractivity contribution in [3.8, 4) is 0 Å². The first kappa shape index (κ1) is 11.6. The van der Waals surface area contributed by atoms with Crippen LogP contribution < -0.4 is 0 Å². The smallest absolute Gasteiger partial charge is 0.193 e. The van der Waals surface area contributed by atoms with Gasteiger partial charge in [0.25, 0.3) is 0 Å². The van der Waals surface area contributed by atoms with Gasteiger partial charge in [-0.1, -0.05) is 44.0 Å². The Morgan fingerprint density at radius 2 is 1.50 bits per heavy atom. The average Bonchev–Trinajstić information content (AvgIpc) is 2.29. The molecule has 2 aromatic carbocycles. The van der Waals surface area contributed by atoms with Gasteiger partial charge in [0.2, 0.25) is 0 Å². The molecule has 1 nitrogen and oxygen atoms in total. The molecular weight excluding hydrogens is 332 g/mol. The largest absolute Gasteiger partial charge is 0.289 e. The zero-order valence-electron chi connectivity index (χ0n) is 8.28. The predicted molar refractivity (Wildman–Crippen MR) is 71.7 cm³/mol. The fraction of sp³-hybridized carbons (Fsp3) is 0. The SMILES string of the molecule is O=C(c1ccc(Br)cc1)c1cccc(Br)c1. The lowest BCUT2D eigenvalue weighted by Gasteiger charge is -2.01. The van der Waals surface area contributed by atoms with Gasteiger partial charge in [-0.05, 0) is 36.4 Å². The first-order valence-corrected chi connectivity index (χ1v) is 6.31. The molecule has 16 heavy (non-hydrogen) atoms. The monoisotopic (exact) mass is 338 g/mol. The van der Waals surface area contributed by atoms with Gasteiger partial charge in [-0.25, -0.2) is 0 Å². The second-order valence-electron chi connectivity index (χ2n) is 3.35. The van der Waals surface area contributed by atoms with Crippen LogP contribution in [0.2, 0.25) is 0 Å². The Kier molecular flexibility index (Phi) is 3.56. The van der Waals surface area contributed by atoms with Crippen LogP contribution in [-0.4, -0.2) is 5.78 Å². The van der Waals surface area contributed by atoms with Gasteiger partial charge in [0.05, 0.1) is 0 Å². The van der Waals surface area contributed by atoms with Crippen molar-refractivity contribution in [3.05, 3.63) is 68.6 Å². The van der Waals surface area contributed by atoms with E-state index in [1.54, 1.807) is 0 Å². The lowest BCUT2D eigenvalue weighted by atomic mass is 10.0. The van der Waals surface area contributed by atoms with Gasteiger partial charge in [0.15, 0.2) is 5.78 Å². The van der Waals surface area contributed by atoms with E-state index in [0.717, 1.165) is 8.95 Å². The van der Waals surface area contributed by atoms with Gasteiger partial charge in [0, 0.05) is 20.1 Å². The van der Waals surface area contributed by atoms with E-state index in [-0.39, 0.29) is 5.78 Å². The van der Waals surface area contributed by atoms with E-state index in [2.05, 4.69) is 31.9 Å². The molecule has 2 aromatic rings. The van der Waals surface area contributed by atoms with Crippen molar-refractivity contribution in [3.63, 3.8) is 0 Å². The van der Waals surface area contributed by atoms with Crippen LogP contribution in [0.4, 0.5) is 0 Å². The summed E-state index contributed by atoms with van der Waals surface area (Å²) < 4.78 is 1.88. The molecule has 0 fully saturated rings. The summed E-state index contributed by atoms with van der Waals surface area (Å²) in [5.74, 6) is 0.0359. The minimum atomic E-state index is 0.0359. The number of benzene rings is 2. The summed E-state index contributed by atoms with van der Waals surface area (Å²) in [5.41, 5.74) is 1.39. The maximum atomic E-state index is 12.1. The highest BCUT2D eigenvalue weighted by Crippen LogP contribution is 2.17. The van der Waals surface area contributed by atoms with E-state index in [9.17, 15) is 4.79 Å². The fourth-order valence-corrected chi connectivity index (χ4v) is 2.06. The van der Waals surface area contributed by atoms with Gasteiger partial charge in [-0.15, -0.1) is 0 Å². The van der Waals surface area contributed by atoms with Crippen LogP contribution >= 0.6 is 31.9 Å². The Balaban J connectivity index is 2.35. The number of carbonyl (C=O) groups is 1. The van der Waals surface area contributed by atoms with E-state index in [1.807, 2.05) is 48.5 Å². The third-order valence-electron chi connectivity index (χ3n) is 2.19. The zero-order chi connectivity index (χ0) is 11.5. The summed E-state index contributed by atoms with van der Waals surface area (Å²) in [7, 11) is 0. The Morgan fingerprint density at radius 1 is 0.812 bits per heavy atom. The van der Waals surface area contributed by atoms with Crippen molar-refractivity contribution < 1.29 is 4.79 Å². The zero-order valence-corrected chi connectivity index (χ0v) is 11.5. The van der Waals surface area contributed by atoms with Crippen LogP contribution in [0.5, 0.6) is 0 Å². The second kappa shape index (κ2) is 4.93. The normalized spacial score (nSPS) is 10.1. The van der Waals surface area contributed by atoms with E-state index in [1.165, 1.54) is 0 Å². The van der Waals surface area contributed by atoms with Crippen LogP contribution in [0.3, 0.4) is 0 Å². The molecule has 3 heteroatoms. The number of hydrogen-bond donors (Lipinski definition) is 0. The van der Waals surface area contributed by atoms with Crippen LogP contribution in [-0.2, 0) is 0 Å². The number of hydrogen-bond acceptors (Lipinski definition) is 1. The van der Waals surface area contributed by atoms with E-state index in [4.69, 9.17) is 0 Å². The summed E-state index contributed by atoms with van der Waals surface area (Å²) in [6.45, 7) is 0. The third-order valence-corrected chi connectivity index (χ3v) is 3.22. The van der Waals surface area contributed by atoms with E-state index in [0.29, 0.717) is 11.1 Å². The van der Waals surface area contributed by atoms with Crippen LogP contribution in [0.25, 0.3) is 0 Å². The number of halogens is 2. The first-order chi connectivity index (χ1) is 7.66. The quantitative estimate of drug-likeness (QED) is 0.739. The minimum absolute atomic E-state index is 0.0359. The van der Waals surface area contributed by atoms with Gasteiger partial charge in [-0.3, -0.25) is 4.79 Å². The summed E-state index contributed by atoms with van der Waals surface area (Å²) >= 11 is 6.70. The molecule has 0 radical (unpaired) electrons. The highest BCUT2D eigenvalue weighted by molar-refractivity contribution is 9.10. The molecule has 0 spiro atoms. The Bertz CT molecular complexity index is 518. The Hall–Kier alpha value is -0.930. The molecule has 0 heterocycles. The third kappa shape index (κ3) is 2.60. The van der Waals surface area contributed by atoms with E-state index < -0.39 is 0 Å². The van der Waals surface area contributed by atoms with Gasteiger partial charge >= 0.3 is 0 Å². The molecule has 80 valence electrons. The fourth-order valence-electron chi connectivity index (χ4n) is 1.40. The summed E-state index contributed by atoms with van der Waals surface area (Å²) in [6, 6.07) is 14.8. The average molecular weight is 340 g/mol. The number of carbonyl (C=O) groups excluding carboxylic acids is 1. The summed E-state index contributed by atoms with van der Waals surface area (Å²) in [5, 5.41) is 0. The molecule has 0 aliphatic rings. The topological polar surface area (TPSA) is 17.1 Å².